The highest BCUT2D eigenvalue weighted by molar-refractivity contribution is 6.03. The monoisotopic (exact) mass is 490 g/mol. The van der Waals surface area contributed by atoms with Gasteiger partial charge in [0.25, 0.3) is 0 Å². The number of hydrogen-bond acceptors (Lipinski definition) is 6. The summed E-state index contributed by atoms with van der Waals surface area (Å²) in [6.07, 6.45) is 2.94. The zero-order valence-electron chi connectivity index (χ0n) is 21.1. The van der Waals surface area contributed by atoms with Gasteiger partial charge in [0.15, 0.2) is 0 Å². The maximum atomic E-state index is 11.5. The van der Waals surface area contributed by atoms with E-state index in [1.165, 1.54) is 0 Å². The van der Waals surface area contributed by atoms with E-state index in [-0.39, 0.29) is 11.9 Å². The molecule has 0 unspecified atom stereocenters. The Morgan fingerprint density at radius 3 is 1.42 bits per heavy atom. The van der Waals surface area contributed by atoms with Crippen LogP contribution in [0.4, 0.5) is 0 Å². The first kappa shape index (κ1) is 26.8. The second-order valence-electron chi connectivity index (χ2n) is 8.75. The number of benzene rings is 3. The number of rotatable bonds is 14. The first-order chi connectivity index (χ1) is 17.4. The highest BCUT2D eigenvalue weighted by Crippen LogP contribution is 2.36. The van der Waals surface area contributed by atoms with Crippen LogP contribution in [0.5, 0.6) is 11.5 Å². The summed E-state index contributed by atoms with van der Waals surface area (Å²) >= 11 is 0. The molecule has 0 amide bonds. The molecular formula is C30H34O6. The number of ether oxygens (including phenoxy) is 4. The standard InChI is InChI=1S/C30H34O6/c1-21(2)29(31)35-17-9-7-15-33-27-13-14-28(34-16-8-10-18-36-30(32)22(3)4)26-20-24-12-6-5-11-23(24)19-25(26)27/h5-6,11-14,19-20H,1,3,7-10,15-18H2,2,4H3. The zero-order chi connectivity index (χ0) is 25.9. The zero-order valence-corrected chi connectivity index (χ0v) is 21.1. The van der Waals surface area contributed by atoms with E-state index in [9.17, 15) is 9.59 Å². The second kappa shape index (κ2) is 13.3. The van der Waals surface area contributed by atoms with Crippen LogP contribution in [-0.4, -0.2) is 38.4 Å². The number of carbonyl (C=O) groups is 2. The topological polar surface area (TPSA) is 71.1 Å². The third-order valence-corrected chi connectivity index (χ3v) is 5.56. The van der Waals surface area contributed by atoms with Crippen molar-refractivity contribution >= 4 is 33.5 Å². The molecule has 0 aliphatic rings. The Morgan fingerprint density at radius 1 is 0.639 bits per heavy atom. The van der Waals surface area contributed by atoms with Crippen LogP contribution in [0.3, 0.4) is 0 Å². The summed E-state index contributed by atoms with van der Waals surface area (Å²) < 4.78 is 22.5. The third-order valence-electron chi connectivity index (χ3n) is 5.56. The van der Waals surface area contributed by atoms with Gasteiger partial charge in [0.1, 0.15) is 11.5 Å². The summed E-state index contributed by atoms with van der Waals surface area (Å²) in [6.45, 7) is 12.1. The van der Waals surface area contributed by atoms with E-state index in [1.54, 1.807) is 13.8 Å². The lowest BCUT2D eigenvalue weighted by Crippen LogP contribution is -2.08. The van der Waals surface area contributed by atoms with Gasteiger partial charge < -0.3 is 18.9 Å². The van der Waals surface area contributed by atoms with Crippen molar-refractivity contribution < 1.29 is 28.5 Å². The Bertz CT molecular complexity index is 1150. The average molecular weight is 491 g/mol. The van der Waals surface area contributed by atoms with Crippen LogP contribution < -0.4 is 9.47 Å². The van der Waals surface area contributed by atoms with Gasteiger partial charge in [0.05, 0.1) is 26.4 Å². The lowest BCUT2D eigenvalue weighted by Gasteiger charge is -2.15. The molecule has 3 aromatic carbocycles. The molecule has 0 heterocycles. The number of unbranched alkanes of at least 4 members (excludes halogenated alkanes) is 2. The quantitative estimate of drug-likeness (QED) is 0.110. The highest BCUT2D eigenvalue weighted by atomic mass is 16.5. The van der Waals surface area contributed by atoms with Crippen molar-refractivity contribution in [3.8, 4) is 11.5 Å². The van der Waals surface area contributed by atoms with E-state index < -0.39 is 0 Å². The van der Waals surface area contributed by atoms with Crippen LogP contribution >= 0.6 is 0 Å². The van der Waals surface area contributed by atoms with Crippen molar-refractivity contribution in [2.24, 2.45) is 0 Å². The molecule has 0 N–H and O–H groups in total. The Morgan fingerprint density at radius 2 is 1.03 bits per heavy atom. The Hall–Kier alpha value is -3.80. The normalized spacial score (nSPS) is 10.7. The summed E-state index contributed by atoms with van der Waals surface area (Å²) in [5.41, 5.74) is 0.803. The number of esters is 2. The van der Waals surface area contributed by atoms with Gasteiger partial charge in [-0.15, -0.1) is 0 Å². The maximum Gasteiger partial charge on any atom is 0.333 e. The maximum absolute atomic E-state index is 11.5. The summed E-state index contributed by atoms with van der Waals surface area (Å²) in [5.74, 6) is 0.844. The molecule has 0 radical (unpaired) electrons. The molecule has 0 atom stereocenters. The molecular weight excluding hydrogens is 456 g/mol. The molecule has 0 aliphatic carbocycles. The van der Waals surface area contributed by atoms with E-state index in [0.29, 0.717) is 50.4 Å². The van der Waals surface area contributed by atoms with Gasteiger partial charge in [0, 0.05) is 21.9 Å². The van der Waals surface area contributed by atoms with Crippen molar-refractivity contribution in [3.05, 3.63) is 72.8 Å². The molecule has 0 saturated heterocycles. The minimum absolute atomic E-state index is 0.347. The van der Waals surface area contributed by atoms with Crippen LogP contribution in [0.1, 0.15) is 39.5 Å². The summed E-state index contributed by atoms with van der Waals surface area (Å²) in [5, 5.41) is 4.21. The number of fused-ring (bicyclic) bond motifs is 2. The predicted molar refractivity (Wildman–Crippen MR) is 142 cm³/mol. The summed E-state index contributed by atoms with van der Waals surface area (Å²) in [7, 11) is 0. The van der Waals surface area contributed by atoms with Crippen LogP contribution in [-0.2, 0) is 19.1 Å². The van der Waals surface area contributed by atoms with Gasteiger partial charge in [-0.2, -0.15) is 0 Å². The first-order valence-corrected chi connectivity index (χ1v) is 12.2. The van der Waals surface area contributed by atoms with Gasteiger partial charge in [0.2, 0.25) is 0 Å². The molecule has 0 aliphatic heterocycles. The number of hydrogen-bond donors (Lipinski definition) is 0. The molecule has 36 heavy (non-hydrogen) atoms. The van der Waals surface area contributed by atoms with Crippen molar-refractivity contribution in [1.82, 2.24) is 0 Å². The van der Waals surface area contributed by atoms with Crippen LogP contribution in [0.15, 0.2) is 72.8 Å². The van der Waals surface area contributed by atoms with E-state index in [0.717, 1.165) is 45.9 Å². The van der Waals surface area contributed by atoms with Gasteiger partial charge >= 0.3 is 11.9 Å². The first-order valence-electron chi connectivity index (χ1n) is 12.2. The molecule has 0 spiro atoms. The van der Waals surface area contributed by atoms with Gasteiger partial charge in [-0.1, -0.05) is 37.4 Å². The van der Waals surface area contributed by atoms with E-state index >= 15 is 0 Å². The van der Waals surface area contributed by atoms with E-state index in [1.807, 2.05) is 24.3 Å². The molecule has 0 saturated carbocycles. The van der Waals surface area contributed by atoms with Crippen molar-refractivity contribution in [2.45, 2.75) is 39.5 Å². The van der Waals surface area contributed by atoms with Gasteiger partial charge in [-0.3, -0.25) is 0 Å². The van der Waals surface area contributed by atoms with Crippen LogP contribution in [0.2, 0.25) is 0 Å². The molecule has 3 rings (SSSR count). The summed E-state index contributed by atoms with van der Waals surface area (Å²) in [6, 6.07) is 16.3. The van der Waals surface area contributed by atoms with E-state index in [4.69, 9.17) is 18.9 Å². The Kier molecular flexibility index (Phi) is 9.92. The predicted octanol–water partition coefficient (Wildman–Crippen LogP) is 6.55. The molecule has 6 heteroatoms. The second-order valence-corrected chi connectivity index (χ2v) is 8.75. The fourth-order valence-electron chi connectivity index (χ4n) is 3.58. The minimum Gasteiger partial charge on any atom is -0.493 e. The van der Waals surface area contributed by atoms with Crippen LogP contribution in [0.25, 0.3) is 21.5 Å². The van der Waals surface area contributed by atoms with Gasteiger partial charge in [-0.05, 0) is 74.6 Å². The SMILES string of the molecule is C=C(C)C(=O)OCCCCOc1ccc(OCCCCOC(=O)C(=C)C)c2cc3ccccc3cc12. The van der Waals surface area contributed by atoms with Crippen molar-refractivity contribution in [2.75, 3.05) is 26.4 Å². The molecule has 0 fully saturated rings. The average Bonchev–Trinajstić information content (AvgIpc) is 2.87. The molecule has 0 bridgehead atoms. The Labute approximate surface area is 212 Å². The molecule has 3 aromatic rings. The minimum atomic E-state index is -0.364. The molecule has 6 nitrogen and oxygen atoms in total. The lowest BCUT2D eigenvalue weighted by atomic mass is 10.0. The fourth-order valence-corrected chi connectivity index (χ4v) is 3.58. The van der Waals surface area contributed by atoms with E-state index in [2.05, 4.69) is 37.4 Å². The summed E-state index contributed by atoms with van der Waals surface area (Å²) in [4.78, 5) is 22.9. The molecule has 0 aromatic heterocycles. The molecule has 190 valence electrons. The largest absolute Gasteiger partial charge is 0.493 e. The lowest BCUT2D eigenvalue weighted by molar-refractivity contribution is -0.139. The van der Waals surface area contributed by atoms with Crippen molar-refractivity contribution in [3.63, 3.8) is 0 Å². The van der Waals surface area contributed by atoms with Crippen LogP contribution in [0, 0.1) is 0 Å². The Balaban J connectivity index is 1.62. The highest BCUT2D eigenvalue weighted by Gasteiger charge is 2.11. The van der Waals surface area contributed by atoms with Crippen molar-refractivity contribution in [1.29, 1.82) is 0 Å². The number of carbonyl (C=O) groups excluding carboxylic acids is 2. The fraction of sp³-hybridized carbons (Fsp3) is 0.333. The van der Waals surface area contributed by atoms with Gasteiger partial charge in [-0.25, -0.2) is 9.59 Å². The third kappa shape index (κ3) is 7.60. The smallest absolute Gasteiger partial charge is 0.333 e.